The molecule has 0 radical (unpaired) electrons. The molecule has 0 aromatic carbocycles. The lowest BCUT2D eigenvalue weighted by molar-refractivity contribution is -0.160. The van der Waals surface area contributed by atoms with Crippen LogP contribution in [0.25, 0.3) is 0 Å². The Bertz CT molecular complexity index is 161. The second kappa shape index (κ2) is 2.99. The summed E-state index contributed by atoms with van der Waals surface area (Å²) in [7, 11) is 0. The second-order valence-electron chi connectivity index (χ2n) is 2.27. The summed E-state index contributed by atoms with van der Waals surface area (Å²) in [5, 5.41) is 9.51. The van der Waals surface area contributed by atoms with Gasteiger partial charge in [0, 0.05) is 13.0 Å². The molecule has 56 valence electrons. The predicted molar refractivity (Wildman–Crippen MR) is 39.5 cm³/mol. The van der Waals surface area contributed by atoms with Gasteiger partial charge in [0.2, 0.25) is 0 Å². The number of hydrogen-bond acceptors (Lipinski definition) is 2. The van der Waals surface area contributed by atoms with Crippen molar-refractivity contribution in [3.63, 3.8) is 0 Å². The fraction of sp³-hybridized carbons (Fsp3) is 0.500. The van der Waals surface area contributed by atoms with E-state index in [1.165, 1.54) is 0 Å². The first-order chi connectivity index (χ1) is 4.77. The summed E-state index contributed by atoms with van der Waals surface area (Å²) in [6, 6.07) is 0. The number of ether oxygens (including phenoxy) is 1. The molecule has 1 rings (SSSR count). The van der Waals surface area contributed by atoms with Crippen LogP contribution in [-0.2, 0) is 4.74 Å². The van der Waals surface area contributed by atoms with Gasteiger partial charge in [-0.25, -0.2) is 0 Å². The highest BCUT2D eigenvalue weighted by molar-refractivity contribution is 5.14. The van der Waals surface area contributed by atoms with E-state index >= 15 is 0 Å². The van der Waals surface area contributed by atoms with Gasteiger partial charge >= 0.3 is 0 Å². The van der Waals surface area contributed by atoms with Crippen molar-refractivity contribution < 1.29 is 9.84 Å². The lowest BCUT2D eigenvalue weighted by Crippen LogP contribution is -2.29. The molecule has 0 aliphatic heterocycles. The molecule has 0 fully saturated rings. The minimum absolute atomic E-state index is 0.536. The summed E-state index contributed by atoms with van der Waals surface area (Å²) >= 11 is 0. The van der Waals surface area contributed by atoms with E-state index < -0.39 is 5.79 Å². The van der Waals surface area contributed by atoms with Crippen molar-refractivity contribution in [2.75, 3.05) is 6.61 Å². The number of aliphatic hydroxyl groups is 1. The van der Waals surface area contributed by atoms with Gasteiger partial charge in [-0.05, 0) is 13.0 Å². The first kappa shape index (κ1) is 7.51. The highest BCUT2D eigenvalue weighted by Crippen LogP contribution is 2.18. The van der Waals surface area contributed by atoms with E-state index in [9.17, 15) is 5.11 Å². The molecule has 0 aromatic heterocycles. The third-order valence-corrected chi connectivity index (χ3v) is 1.41. The molecule has 0 bridgehead atoms. The molecule has 1 atom stereocenters. The van der Waals surface area contributed by atoms with Gasteiger partial charge in [0.05, 0.1) is 0 Å². The average Bonchev–Trinajstić information content (AvgIpc) is 1.89. The molecule has 1 aliphatic rings. The molecule has 1 N–H and O–H groups in total. The third-order valence-electron chi connectivity index (χ3n) is 1.41. The van der Waals surface area contributed by atoms with Gasteiger partial charge in [-0.2, -0.15) is 0 Å². The van der Waals surface area contributed by atoms with Gasteiger partial charge in [0.1, 0.15) is 0 Å². The van der Waals surface area contributed by atoms with E-state index in [1.807, 2.05) is 19.1 Å². The van der Waals surface area contributed by atoms with Crippen LogP contribution in [0.3, 0.4) is 0 Å². The zero-order valence-corrected chi connectivity index (χ0v) is 6.08. The molecular weight excluding hydrogens is 128 g/mol. The summed E-state index contributed by atoms with van der Waals surface area (Å²) in [5.41, 5.74) is 0. The Morgan fingerprint density at radius 1 is 1.60 bits per heavy atom. The summed E-state index contributed by atoms with van der Waals surface area (Å²) in [6.07, 6.45) is 7.79. The number of allylic oxidation sites excluding steroid dienone is 2. The van der Waals surface area contributed by atoms with Crippen LogP contribution in [0.4, 0.5) is 0 Å². The monoisotopic (exact) mass is 140 g/mol. The zero-order chi connectivity index (χ0) is 7.45. The Morgan fingerprint density at radius 3 is 2.90 bits per heavy atom. The maximum absolute atomic E-state index is 9.51. The van der Waals surface area contributed by atoms with Crippen LogP contribution in [0, 0.1) is 0 Å². The second-order valence-corrected chi connectivity index (χ2v) is 2.27. The minimum Gasteiger partial charge on any atom is -0.362 e. The summed E-state index contributed by atoms with van der Waals surface area (Å²) in [4.78, 5) is 0. The van der Waals surface area contributed by atoms with Crippen LogP contribution in [0.1, 0.15) is 13.3 Å². The van der Waals surface area contributed by atoms with E-state index in [-0.39, 0.29) is 0 Å². The Kier molecular flexibility index (Phi) is 2.25. The average molecular weight is 140 g/mol. The first-order valence-electron chi connectivity index (χ1n) is 3.47. The third kappa shape index (κ3) is 1.69. The van der Waals surface area contributed by atoms with E-state index in [2.05, 4.69) is 0 Å². The maximum Gasteiger partial charge on any atom is 0.189 e. The lowest BCUT2D eigenvalue weighted by Gasteiger charge is -2.24. The smallest absolute Gasteiger partial charge is 0.189 e. The lowest BCUT2D eigenvalue weighted by atomic mass is 10.1. The fourth-order valence-electron chi connectivity index (χ4n) is 0.946. The molecule has 2 nitrogen and oxygen atoms in total. The van der Waals surface area contributed by atoms with Gasteiger partial charge < -0.3 is 9.84 Å². The van der Waals surface area contributed by atoms with Crippen LogP contribution in [-0.4, -0.2) is 17.5 Å². The number of rotatable bonds is 2. The Morgan fingerprint density at radius 2 is 2.40 bits per heavy atom. The molecule has 0 saturated carbocycles. The van der Waals surface area contributed by atoms with Crippen molar-refractivity contribution in [2.24, 2.45) is 0 Å². The zero-order valence-electron chi connectivity index (χ0n) is 6.08. The highest BCUT2D eigenvalue weighted by Gasteiger charge is 2.22. The van der Waals surface area contributed by atoms with Crippen LogP contribution in [0.2, 0.25) is 0 Å². The minimum atomic E-state index is -1.04. The number of hydrogen-bond donors (Lipinski definition) is 1. The van der Waals surface area contributed by atoms with Gasteiger partial charge in [0.15, 0.2) is 5.79 Å². The highest BCUT2D eigenvalue weighted by atomic mass is 16.6. The van der Waals surface area contributed by atoms with Crippen molar-refractivity contribution in [1.82, 2.24) is 0 Å². The molecule has 2 heteroatoms. The van der Waals surface area contributed by atoms with Gasteiger partial charge in [0.25, 0.3) is 0 Å². The SMILES string of the molecule is CCOC1(O)C=CC=CC1. The van der Waals surface area contributed by atoms with Crippen molar-refractivity contribution in [2.45, 2.75) is 19.1 Å². The molecule has 0 saturated heterocycles. The fourth-order valence-corrected chi connectivity index (χ4v) is 0.946. The van der Waals surface area contributed by atoms with E-state index in [4.69, 9.17) is 4.74 Å². The quantitative estimate of drug-likeness (QED) is 0.584. The van der Waals surface area contributed by atoms with Crippen molar-refractivity contribution >= 4 is 0 Å². The van der Waals surface area contributed by atoms with Gasteiger partial charge in [-0.15, -0.1) is 0 Å². The van der Waals surface area contributed by atoms with Crippen LogP contribution < -0.4 is 0 Å². The normalized spacial score (nSPS) is 31.0. The maximum atomic E-state index is 9.51. The van der Waals surface area contributed by atoms with E-state index in [1.54, 1.807) is 12.2 Å². The standard InChI is InChI=1S/C8H12O2/c1-2-10-8(9)6-4-3-5-7-8/h3-6,9H,2,7H2,1H3. The molecule has 0 aromatic rings. The van der Waals surface area contributed by atoms with Gasteiger partial charge in [-0.1, -0.05) is 18.2 Å². The molecule has 0 heterocycles. The molecule has 1 aliphatic carbocycles. The van der Waals surface area contributed by atoms with Crippen LogP contribution in [0.5, 0.6) is 0 Å². The summed E-state index contributed by atoms with van der Waals surface area (Å²) in [6.45, 7) is 2.40. The van der Waals surface area contributed by atoms with E-state index in [0.29, 0.717) is 13.0 Å². The van der Waals surface area contributed by atoms with Crippen LogP contribution >= 0.6 is 0 Å². The van der Waals surface area contributed by atoms with Crippen molar-refractivity contribution in [1.29, 1.82) is 0 Å². The summed E-state index contributed by atoms with van der Waals surface area (Å²) < 4.78 is 5.09. The molecule has 1 unspecified atom stereocenters. The largest absolute Gasteiger partial charge is 0.362 e. The van der Waals surface area contributed by atoms with Gasteiger partial charge in [-0.3, -0.25) is 0 Å². The predicted octanol–water partition coefficient (Wildman–Crippen LogP) is 1.23. The molecule has 0 spiro atoms. The van der Waals surface area contributed by atoms with Crippen molar-refractivity contribution in [3.8, 4) is 0 Å². The Labute approximate surface area is 60.8 Å². The molecule has 10 heavy (non-hydrogen) atoms. The topological polar surface area (TPSA) is 29.5 Å². The summed E-state index contributed by atoms with van der Waals surface area (Å²) in [5.74, 6) is -1.04. The molecular formula is C8H12O2. The Balaban J connectivity index is 2.52. The van der Waals surface area contributed by atoms with Crippen LogP contribution in [0.15, 0.2) is 24.3 Å². The first-order valence-corrected chi connectivity index (χ1v) is 3.47. The Hall–Kier alpha value is -0.600. The van der Waals surface area contributed by atoms with Crippen molar-refractivity contribution in [3.05, 3.63) is 24.3 Å². The molecule has 0 amide bonds. The van der Waals surface area contributed by atoms with E-state index in [0.717, 1.165) is 0 Å².